The molecule has 0 spiro atoms. The molecule has 66 N–H and O–H groups in total. The van der Waals surface area contributed by atoms with Crippen LogP contribution < -0.4 is 0 Å². The van der Waals surface area contributed by atoms with Gasteiger partial charge in [-0.3, -0.25) is 0 Å². The molecule has 0 aromatic carbocycles. The number of rotatable bonds is 0. The summed E-state index contributed by atoms with van der Waals surface area (Å²) in [5.41, 5.74) is 0. The van der Waals surface area contributed by atoms with Crippen LogP contribution in [0.5, 0.6) is 0 Å². The van der Waals surface area contributed by atoms with Gasteiger partial charge in [0, 0.05) is 190 Å². The molecular formula is H66Mo9O31+4. The predicted octanol–water partition coefficient (Wildman–Crippen LogP) is -26.0. The first-order chi connectivity index (χ1) is 0. The standard InChI is InChI=1S/9Mo.31H2O/h;;;;;;;;;31*1H2/p+4. The topological polar surface area (TPSA) is 982 Å². The molecule has 40 heavy (non-hydrogen) atoms. The summed E-state index contributed by atoms with van der Waals surface area (Å²) in [4.78, 5) is 0. The second-order valence-electron chi connectivity index (χ2n) is 0. The van der Waals surface area contributed by atoms with Crippen LogP contribution in [0.15, 0.2) is 0 Å². The Morgan fingerprint density at radius 1 is 0.0750 bits per heavy atom. The second kappa shape index (κ2) is 3300. The molecule has 0 aromatic heterocycles. The molecule has 0 fully saturated rings. The molecule has 40 heteroatoms. The van der Waals surface area contributed by atoms with Crippen molar-refractivity contribution in [1.29, 1.82) is 0 Å². The summed E-state index contributed by atoms with van der Waals surface area (Å²) in [5.74, 6) is 0. The smallest absolute Gasteiger partial charge is 0 e. The van der Waals surface area contributed by atoms with Gasteiger partial charge >= 0.3 is 0 Å². The van der Waals surface area contributed by atoms with Gasteiger partial charge in [0.25, 0.3) is 0 Å². The van der Waals surface area contributed by atoms with Gasteiger partial charge in [0.2, 0.25) is 0 Å². The summed E-state index contributed by atoms with van der Waals surface area (Å²) in [6.45, 7) is 0. The maximum absolute atomic E-state index is 0. The SMILES string of the molecule is O.O.O.O.O.O.O.O.O.O.O.O.O.O.O.O.O.O.O.O.O.O.O.O.O.O.O.[Mo].[Mo].[Mo].[Mo].[Mo].[Mo].[Mo].[Mo].[Mo].[OH3+].[OH3+].[OH3+].[OH3+]. The summed E-state index contributed by atoms with van der Waals surface area (Å²) in [6.07, 6.45) is 0. The molecule has 0 rings (SSSR count). The molecule has 0 aliphatic carbocycles. The van der Waals surface area contributed by atoms with Crippen molar-refractivity contribution in [2.45, 2.75) is 0 Å². The van der Waals surface area contributed by atoms with Crippen molar-refractivity contribution in [3.63, 3.8) is 0 Å². The van der Waals surface area contributed by atoms with Gasteiger partial charge in [0.05, 0.1) is 0 Å². The van der Waals surface area contributed by atoms with E-state index >= 15 is 0 Å². The van der Waals surface area contributed by atoms with E-state index in [0.29, 0.717) is 0 Å². The molecule has 0 aliphatic heterocycles. The van der Waals surface area contributed by atoms with Crippen LogP contribution in [0.3, 0.4) is 0 Å². The van der Waals surface area contributed by atoms with Crippen LogP contribution in [0, 0.1) is 0 Å². The molecule has 0 unspecified atom stereocenters. The maximum Gasteiger partial charge on any atom is 0 e. The van der Waals surface area contributed by atoms with Crippen molar-refractivity contribution in [3.05, 3.63) is 0 Å². The molecule has 0 radical (unpaired) electrons. The van der Waals surface area contributed by atoms with E-state index in [1.165, 1.54) is 0 Å². The quantitative estimate of drug-likeness (QED) is 0.161. The van der Waals surface area contributed by atoms with E-state index in [0.717, 1.165) is 0 Å². The van der Waals surface area contributed by atoms with E-state index in [1.807, 2.05) is 0 Å². The van der Waals surface area contributed by atoms with Crippen LogP contribution in [-0.2, 0) is 211 Å². The van der Waals surface area contributed by atoms with Gasteiger partial charge in [0.15, 0.2) is 0 Å². The van der Waals surface area contributed by atoms with Crippen LogP contribution in [0.4, 0.5) is 0 Å². The maximum atomic E-state index is 0. The molecule has 0 saturated heterocycles. The zero-order valence-electron chi connectivity index (χ0n) is 19.5. The largest absolute Gasteiger partial charge is 0.457 e. The Labute approximate surface area is 355 Å². The van der Waals surface area contributed by atoms with Crippen LogP contribution in [0.1, 0.15) is 0 Å². The molecule has 0 amide bonds. The van der Waals surface area contributed by atoms with E-state index in [-0.39, 0.29) is 359 Å². The van der Waals surface area contributed by atoms with Crippen molar-refractivity contribution in [1.82, 2.24) is 0 Å². The fourth-order valence-corrected chi connectivity index (χ4v) is 0. The van der Waals surface area contributed by atoms with Gasteiger partial charge in [-0.15, -0.1) is 0 Å². The van der Waals surface area contributed by atoms with Crippen molar-refractivity contribution in [2.24, 2.45) is 0 Å². The van der Waals surface area contributed by atoms with Crippen LogP contribution in [-0.4, -0.2) is 148 Å². The normalized spacial score (nSPS) is 0. The Bertz CT molecular complexity index is 30.8. The van der Waals surface area contributed by atoms with Crippen LogP contribution in [0.25, 0.3) is 0 Å². The average Bonchev–Trinajstić information content (AvgIpc) is 0. The third kappa shape index (κ3) is 3080. The van der Waals surface area contributed by atoms with Crippen molar-refractivity contribution in [3.8, 4) is 0 Å². The molecule has 31 nitrogen and oxygen atoms in total. The van der Waals surface area contributed by atoms with Gasteiger partial charge < -0.3 is 170 Å². The third-order valence-electron chi connectivity index (χ3n) is 0. The Balaban J connectivity index is 0. The molecule has 0 saturated carbocycles. The van der Waals surface area contributed by atoms with E-state index < -0.39 is 0 Å². The Hall–Kier alpha value is 4.95. The molecule has 302 valence electrons. The fourth-order valence-electron chi connectivity index (χ4n) is 0. The summed E-state index contributed by atoms with van der Waals surface area (Å²) >= 11 is 0. The molecular weight excluding hydrogens is 1360 g/mol. The van der Waals surface area contributed by atoms with Crippen molar-refractivity contribution < 1.29 is 359 Å². The molecule has 0 bridgehead atoms. The van der Waals surface area contributed by atoms with E-state index in [1.54, 1.807) is 0 Å². The zero-order valence-corrected chi connectivity index (χ0v) is 37.5. The monoisotopic (exact) mass is 1440 g/mol. The van der Waals surface area contributed by atoms with E-state index in [9.17, 15) is 0 Å². The average molecular weight is 1430 g/mol. The Morgan fingerprint density at radius 2 is 0.0750 bits per heavy atom. The molecule has 0 heterocycles. The first-order valence-corrected chi connectivity index (χ1v) is 0. The zero-order chi connectivity index (χ0) is 0. The van der Waals surface area contributed by atoms with Gasteiger partial charge in [-0.1, -0.05) is 0 Å². The van der Waals surface area contributed by atoms with Crippen LogP contribution >= 0.6 is 0 Å². The minimum Gasteiger partial charge on any atom is -0.457 e. The van der Waals surface area contributed by atoms with Gasteiger partial charge in [-0.05, 0) is 0 Å². The Morgan fingerprint density at radius 3 is 0.0750 bits per heavy atom. The number of hydrogen-bond acceptors (Lipinski definition) is 0. The molecule has 0 atom stereocenters. The molecule has 0 aromatic rings. The summed E-state index contributed by atoms with van der Waals surface area (Å²) in [5, 5.41) is 0. The minimum absolute atomic E-state index is 0. The first kappa shape index (κ1) is 3540. The fraction of sp³-hybridized carbons (Fsp3) is 0. The second-order valence-corrected chi connectivity index (χ2v) is 0. The van der Waals surface area contributed by atoms with E-state index in [2.05, 4.69) is 0 Å². The first-order valence-electron chi connectivity index (χ1n) is 0. The van der Waals surface area contributed by atoms with Crippen molar-refractivity contribution in [2.75, 3.05) is 0 Å². The van der Waals surface area contributed by atoms with Gasteiger partial charge in [-0.25, -0.2) is 0 Å². The molecule has 0 aliphatic rings. The summed E-state index contributed by atoms with van der Waals surface area (Å²) in [7, 11) is 0. The number of hydrogen-bond donors (Lipinski definition) is 0. The van der Waals surface area contributed by atoms with Crippen molar-refractivity contribution >= 4 is 0 Å². The third-order valence-corrected chi connectivity index (χ3v) is 0. The van der Waals surface area contributed by atoms with E-state index in [4.69, 9.17) is 0 Å². The summed E-state index contributed by atoms with van der Waals surface area (Å²) < 4.78 is 0. The van der Waals surface area contributed by atoms with Gasteiger partial charge in [-0.2, -0.15) is 0 Å². The Kier molecular flexibility index (Phi) is 292000. The van der Waals surface area contributed by atoms with Gasteiger partial charge in [0.1, 0.15) is 0 Å². The predicted molar refractivity (Wildman–Crippen MR) is 117 cm³/mol. The minimum atomic E-state index is 0. The van der Waals surface area contributed by atoms with Crippen LogP contribution in [0.2, 0.25) is 0 Å². The summed E-state index contributed by atoms with van der Waals surface area (Å²) in [6, 6.07) is 0.